The number of carbonyl (C=O) groups is 2. The summed E-state index contributed by atoms with van der Waals surface area (Å²) in [6, 6.07) is 3.34. The van der Waals surface area contributed by atoms with Crippen LogP contribution in [0.15, 0.2) is 18.3 Å². The first-order valence-electron chi connectivity index (χ1n) is 9.10. The number of carbonyl (C=O) groups excluding carboxylic acids is 2. The lowest BCUT2D eigenvalue weighted by Gasteiger charge is -2.31. The van der Waals surface area contributed by atoms with Crippen molar-refractivity contribution >= 4 is 29.2 Å². The molecule has 1 saturated heterocycles. The van der Waals surface area contributed by atoms with E-state index in [1.807, 2.05) is 0 Å². The van der Waals surface area contributed by atoms with Crippen LogP contribution in [0.5, 0.6) is 0 Å². The van der Waals surface area contributed by atoms with Gasteiger partial charge in [-0.25, -0.2) is 4.98 Å². The van der Waals surface area contributed by atoms with Crippen molar-refractivity contribution in [2.75, 3.05) is 25.0 Å². The number of amides is 2. The highest BCUT2D eigenvalue weighted by Gasteiger charge is 2.32. The van der Waals surface area contributed by atoms with Crippen molar-refractivity contribution in [3.05, 3.63) is 40.3 Å². The number of piperidine rings is 1. The van der Waals surface area contributed by atoms with Gasteiger partial charge >= 0.3 is 0 Å². The molecule has 3 N–H and O–H groups in total. The van der Waals surface area contributed by atoms with Crippen molar-refractivity contribution in [2.45, 2.75) is 25.8 Å². The minimum atomic E-state index is -0.270. The number of likely N-dealkylation sites (tertiary alicyclic amines) is 1. The number of aromatic nitrogens is 3. The summed E-state index contributed by atoms with van der Waals surface area (Å²) in [4.78, 5) is 31.4. The van der Waals surface area contributed by atoms with Crippen molar-refractivity contribution < 1.29 is 9.59 Å². The van der Waals surface area contributed by atoms with Gasteiger partial charge in [0.15, 0.2) is 5.69 Å². The smallest absolute Gasteiger partial charge is 0.274 e. The standard InChI is InChI=1S/C18H21ClN6O2/c19-12-3-4-15(21-8-12)22-17(26)11-2-1-7-25(10-11)18(27)16-13-9-20-6-5-14(13)23-24-16/h3-4,8,11,20H,1-2,5-7,9-10H2,(H,23,24)(H,21,22,26). The molecule has 9 heteroatoms. The first-order chi connectivity index (χ1) is 13.1. The molecule has 0 spiro atoms. The lowest BCUT2D eigenvalue weighted by molar-refractivity contribution is -0.121. The fourth-order valence-corrected chi connectivity index (χ4v) is 3.72. The summed E-state index contributed by atoms with van der Waals surface area (Å²) in [5.74, 6) is -0.0558. The molecule has 8 nitrogen and oxygen atoms in total. The molecule has 2 amide bonds. The van der Waals surface area contributed by atoms with Gasteiger partial charge in [-0.05, 0) is 25.0 Å². The zero-order valence-electron chi connectivity index (χ0n) is 14.8. The summed E-state index contributed by atoms with van der Waals surface area (Å²) in [7, 11) is 0. The van der Waals surface area contributed by atoms with E-state index in [4.69, 9.17) is 11.6 Å². The molecule has 142 valence electrons. The second-order valence-electron chi connectivity index (χ2n) is 6.90. The largest absolute Gasteiger partial charge is 0.336 e. The van der Waals surface area contributed by atoms with E-state index in [1.54, 1.807) is 17.0 Å². The molecule has 1 fully saturated rings. The van der Waals surface area contributed by atoms with Crippen LogP contribution >= 0.6 is 11.6 Å². The van der Waals surface area contributed by atoms with E-state index >= 15 is 0 Å². The van der Waals surface area contributed by atoms with Crippen molar-refractivity contribution in [1.82, 2.24) is 25.4 Å². The first-order valence-corrected chi connectivity index (χ1v) is 9.48. The van der Waals surface area contributed by atoms with E-state index in [0.717, 1.165) is 37.1 Å². The summed E-state index contributed by atoms with van der Waals surface area (Å²) >= 11 is 5.82. The molecule has 0 bridgehead atoms. The molecule has 0 saturated carbocycles. The van der Waals surface area contributed by atoms with Gasteiger partial charge < -0.3 is 15.5 Å². The van der Waals surface area contributed by atoms with Crippen LogP contribution in [0.3, 0.4) is 0 Å². The van der Waals surface area contributed by atoms with Gasteiger partial charge in [-0.2, -0.15) is 5.10 Å². The molecular formula is C18H21ClN6O2. The molecule has 4 heterocycles. The van der Waals surface area contributed by atoms with Gasteiger partial charge in [0.05, 0.1) is 10.9 Å². The number of nitrogens with one attached hydrogen (secondary N) is 3. The Morgan fingerprint density at radius 1 is 1.33 bits per heavy atom. The van der Waals surface area contributed by atoms with E-state index < -0.39 is 0 Å². The molecule has 1 unspecified atom stereocenters. The quantitative estimate of drug-likeness (QED) is 0.741. The third-order valence-electron chi connectivity index (χ3n) is 5.07. The number of aromatic amines is 1. The molecule has 27 heavy (non-hydrogen) atoms. The SMILES string of the molecule is O=C(Nc1ccc(Cl)cn1)C1CCCN(C(=O)c2n[nH]c3c2CNCC3)C1. The Morgan fingerprint density at radius 2 is 2.22 bits per heavy atom. The maximum atomic E-state index is 13.0. The van der Waals surface area contributed by atoms with E-state index in [-0.39, 0.29) is 17.7 Å². The zero-order chi connectivity index (χ0) is 18.8. The summed E-state index contributed by atoms with van der Waals surface area (Å²) < 4.78 is 0. The molecule has 2 aliphatic heterocycles. The van der Waals surface area contributed by atoms with Gasteiger partial charge in [-0.15, -0.1) is 0 Å². The Balaban J connectivity index is 1.43. The van der Waals surface area contributed by atoms with Crippen LogP contribution in [-0.4, -0.2) is 51.5 Å². The van der Waals surface area contributed by atoms with Gasteiger partial charge in [-0.1, -0.05) is 11.6 Å². The van der Waals surface area contributed by atoms with Crippen LogP contribution in [0.1, 0.15) is 34.6 Å². The van der Waals surface area contributed by atoms with Gasteiger partial charge in [0.25, 0.3) is 5.91 Å². The van der Waals surface area contributed by atoms with E-state index in [1.165, 1.54) is 6.20 Å². The Bertz CT molecular complexity index is 850. The van der Waals surface area contributed by atoms with Crippen LogP contribution in [-0.2, 0) is 17.8 Å². The van der Waals surface area contributed by atoms with Crippen molar-refractivity contribution in [2.24, 2.45) is 5.92 Å². The normalized spacial score (nSPS) is 19.4. The lowest BCUT2D eigenvalue weighted by Crippen LogP contribution is -2.44. The van der Waals surface area contributed by atoms with Crippen molar-refractivity contribution in [3.8, 4) is 0 Å². The summed E-state index contributed by atoms with van der Waals surface area (Å²) in [6.45, 7) is 2.55. The van der Waals surface area contributed by atoms with Crippen LogP contribution in [0.2, 0.25) is 5.02 Å². The molecule has 2 aliphatic rings. The maximum absolute atomic E-state index is 13.0. The highest BCUT2D eigenvalue weighted by Crippen LogP contribution is 2.23. The predicted molar refractivity (Wildman–Crippen MR) is 101 cm³/mol. The average Bonchev–Trinajstić information content (AvgIpc) is 3.13. The number of H-pyrrole nitrogens is 1. The Hall–Kier alpha value is -2.45. The van der Waals surface area contributed by atoms with Gasteiger partial charge in [0.1, 0.15) is 5.82 Å². The van der Waals surface area contributed by atoms with Crippen molar-refractivity contribution in [1.29, 1.82) is 0 Å². The average molecular weight is 389 g/mol. The lowest BCUT2D eigenvalue weighted by atomic mass is 9.96. The Kier molecular flexibility index (Phi) is 5.09. The number of pyridine rings is 1. The van der Waals surface area contributed by atoms with E-state index in [9.17, 15) is 9.59 Å². The monoisotopic (exact) mass is 388 g/mol. The third-order valence-corrected chi connectivity index (χ3v) is 5.29. The van der Waals surface area contributed by atoms with Gasteiger partial charge in [-0.3, -0.25) is 14.7 Å². The number of hydrogen-bond donors (Lipinski definition) is 3. The number of halogens is 1. The molecule has 0 radical (unpaired) electrons. The van der Waals surface area contributed by atoms with Crippen LogP contribution in [0.4, 0.5) is 5.82 Å². The first kappa shape index (κ1) is 17.9. The number of anilines is 1. The minimum Gasteiger partial charge on any atom is -0.336 e. The van der Waals surface area contributed by atoms with Crippen LogP contribution in [0.25, 0.3) is 0 Å². The van der Waals surface area contributed by atoms with Crippen LogP contribution < -0.4 is 10.6 Å². The minimum absolute atomic E-state index is 0.113. The van der Waals surface area contributed by atoms with E-state index in [0.29, 0.717) is 36.2 Å². The van der Waals surface area contributed by atoms with Crippen LogP contribution in [0, 0.1) is 5.92 Å². The number of nitrogens with zero attached hydrogens (tertiary/aromatic N) is 3. The molecule has 1 atom stereocenters. The molecule has 0 aromatic carbocycles. The summed E-state index contributed by atoms with van der Waals surface area (Å²) in [5, 5.41) is 13.8. The maximum Gasteiger partial charge on any atom is 0.274 e. The molecule has 2 aromatic heterocycles. The fraction of sp³-hybridized carbons (Fsp3) is 0.444. The van der Waals surface area contributed by atoms with Gasteiger partial charge in [0.2, 0.25) is 5.91 Å². The highest BCUT2D eigenvalue weighted by atomic mass is 35.5. The number of hydrogen-bond acceptors (Lipinski definition) is 5. The number of rotatable bonds is 3. The number of fused-ring (bicyclic) bond motifs is 1. The van der Waals surface area contributed by atoms with Gasteiger partial charge in [0, 0.05) is 50.1 Å². The Morgan fingerprint density at radius 3 is 3.04 bits per heavy atom. The molecule has 0 aliphatic carbocycles. The Labute approximate surface area is 161 Å². The predicted octanol–water partition coefficient (Wildman–Crippen LogP) is 1.59. The second kappa shape index (κ2) is 7.66. The highest BCUT2D eigenvalue weighted by molar-refractivity contribution is 6.30. The molecular weight excluding hydrogens is 368 g/mol. The fourth-order valence-electron chi connectivity index (χ4n) is 3.61. The zero-order valence-corrected chi connectivity index (χ0v) is 15.6. The van der Waals surface area contributed by atoms with Crippen molar-refractivity contribution in [3.63, 3.8) is 0 Å². The molecule has 2 aromatic rings. The summed E-state index contributed by atoms with van der Waals surface area (Å²) in [5.41, 5.74) is 2.44. The molecule has 4 rings (SSSR count). The topological polar surface area (TPSA) is 103 Å². The van der Waals surface area contributed by atoms with E-state index in [2.05, 4.69) is 25.8 Å². The second-order valence-corrected chi connectivity index (χ2v) is 7.33. The third kappa shape index (κ3) is 3.81. The summed E-state index contributed by atoms with van der Waals surface area (Å²) in [6.07, 6.45) is 3.85.